The van der Waals surface area contributed by atoms with E-state index in [1.807, 2.05) is 4.72 Å². The summed E-state index contributed by atoms with van der Waals surface area (Å²) in [4.78, 5) is 0. The highest BCUT2D eigenvalue weighted by Crippen LogP contribution is 2.07. The highest BCUT2D eigenvalue weighted by molar-refractivity contribution is 7.98. The van der Waals surface area contributed by atoms with Crippen molar-refractivity contribution in [3.8, 4) is 0 Å². The van der Waals surface area contributed by atoms with Crippen LogP contribution in [0.15, 0.2) is 5.16 Å². The van der Waals surface area contributed by atoms with E-state index in [0.29, 0.717) is 5.16 Å². The topological polar surface area (TPSA) is 110 Å². The Balaban J connectivity index is 2.46. The fraction of sp³-hybridized carbons (Fsp3) is 0.750. The van der Waals surface area contributed by atoms with Gasteiger partial charge in [0.2, 0.25) is 5.16 Å². The summed E-state index contributed by atoms with van der Waals surface area (Å²) in [6, 6.07) is 0. The van der Waals surface area contributed by atoms with Crippen LogP contribution in [-0.2, 0) is 16.8 Å². The molecule has 1 aromatic rings. The monoisotopic (exact) mass is 239 g/mol. The molecule has 8 nitrogen and oxygen atoms in total. The van der Waals surface area contributed by atoms with E-state index in [0.717, 1.165) is 0 Å². The Morgan fingerprint density at radius 2 is 2.36 bits per heavy atom. The van der Waals surface area contributed by atoms with Gasteiger partial charge in [-0.2, -0.15) is 13.1 Å². The summed E-state index contributed by atoms with van der Waals surface area (Å²) >= 11 is 1.35. The molecule has 0 aliphatic heterocycles. The Hall–Kier alpha value is -0.710. The number of aromatic nitrogens is 4. The van der Waals surface area contributed by atoms with Crippen molar-refractivity contribution < 1.29 is 13.0 Å². The summed E-state index contributed by atoms with van der Waals surface area (Å²) in [7, 11) is -4.14. The van der Waals surface area contributed by atoms with Gasteiger partial charge in [-0.25, -0.2) is 4.68 Å². The van der Waals surface area contributed by atoms with Crippen molar-refractivity contribution in [2.45, 2.75) is 11.7 Å². The van der Waals surface area contributed by atoms with Gasteiger partial charge in [0, 0.05) is 6.54 Å². The highest BCUT2D eigenvalue weighted by Gasteiger charge is 2.06. The van der Waals surface area contributed by atoms with Crippen molar-refractivity contribution >= 4 is 22.1 Å². The first kappa shape index (κ1) is 11.4. The Bertz CT molecular complexity index is 387. The van der Waals surface area contributed by atoms with Crippen molar-refractivity contribution in [1.82, 2.24) is 24.9 Å². The number of hydrogen-bond acceptors (Lipinski definition) is 6. The zero-order valence-electron chi connectivity index (χ0n) is 7.28. The lowest BCUT2D eigenvalue weighted by atomic mass is 10.7. The maximum Gasteiger partial charge on any atom is 0.333 e. The van der Waals surface area contributed by atoms with Gasteiger partial charge in [0.1, 0.15) is 0 Å². The van der Waals surface area contributed by atoms with E-state index in [1.165, 1.54) is 16.4 Å². The molecule has 0 fully saturated rings. The second-order valence-electron chi connectivity index (χ2n) is 2.26. The predicted molar refractivity (Wildman–Crippen MR) is 49.1 cm³/mol. The highest BCUT2D eigenvalue weighted by atomic mass is 32.2. The van der Waals surface area contributed by atoms with Crippen molar-refractivity contribution in [3.05, 3.63) is 0 Å². The maximum atomic E-state index is 10.3. The standard InChI is InChI=1S/C4H9N5O3S2/c1-13-4-6-7-8-9(4)3-2-5-14(10,11)12/h5H,2-3H2,1H3,(H,10,11,12). The largest absolute Gasteiger partial charge is 0.333 e. The average molecular weight is 239 g/mol. The fourth-order valence-electron chi connectivity index (χ4n) is 0.764. The lowest BCUT2D eigenvalue weighted by Gasteiger charge is -2.01. The molecule has 80 valence electrons. The number of tetrazole rings is 1. The van der Waals surface area contributed by atoms with E-state index in [-0.39, 0.29) is 13.1 Å². The molecule has 1 heterocycles. The summed E-state index contributed by atoms with van der Waals surface area (Å²) < 4.78 is 32.3. The van der Waals surface area contributed by atoms with Gasteiger partial charge < -0.3 is 0 Å². The molecule has 0 saturated heterocycles. The minimum absolute atomic E-state index is 0.0391. The lowest BCUT2D eigenvalue weighted by Crippen LogP contribution is -2.27. The molecule has 0 saturated carbocycles. The minimum atomic E-state index is -4.14. The van der Waals surface area contributed by atoms with E-state index < -0.39 is 10.3 Å². The molecule has 0 bridgehead atoms. The molecule has 14 heavy (non-hydrogen) atoms. The van der Waals surface area contributed by atoms with Crippen LogP contribution >= 0.6 is 11.8 Å². The molecular formula is C4H9N5O3S2. The third kappa shape index (κ3) is 3.57. The summed E-state index contributed by atoms with van der Waals surface area (Å²) in [5.74, 6) is 0. The van der Waals surface area contributed by atoms with E-state index in [2.05, 4.69) is 15.5 Å². The summed E-state index contributed by atoms with van der Waals surface area (Å²) in [5.41, 5.74) is 0. The molecule has 1 rings (SSSR count). The van der Waals surface area contributed by atoms with Crippen molar-refractivity contribution in [2.24, 2.45) is 0 Å². The van der Waals surface area contributed by atoms with Gasteiger partial charge in [-0.05, 0) is 16.7 Å². The van der Waals surface area contributed by atoms with Crippen LogP contribution in [0.5, 0.6) is 0 Å². The smallest absolute Gasteiger partial charge is 0.273 e. The van der Waals surface area contributed by atoms with E-state index in [4.69, 9.17) is 4.55 Å². The van der Waals surface area contributed by atoms with Crippen LogP contribution in [0, 0.1) is 0 Å². The van der Waals surface area contributed by atoms with Gasteiger partial charge in [0.15, 0.2) is 0 Å². The summed E-state index contributed by atoms with van der Waals surface area (Å²) in [6.45, 7) is 0.306. The Kier molecular flexibility index (Phi) is 3.80. The van der Waals surface area contributed by atoms with Crippen LogP contribution < -0.4 is 4.72 Å². The summed E-state index contributed by atoms with van der Waals surface area (Å²) in [6.07, 6.45) is 1.80. The van der Waals surface area contributed by atoms with Crippen LogP contribution in [0.1, 0.15) is 0 Å². The third-order valence-electron chi connectivity index (χ3n) is 1.29. The first-order valence-corrected chi connectivity index (χ1v) is 6.21. The Morgan fingerprint density at radius 1 is 1.64 bits per heavy atom. The molecule has 10 heteroatoms. The maximum absolute atomic E-state index is 10.3. The molecule has 0 atom stereocenters. The normalized spacial score (nSPS) is 11.9. The van der Waals surface area contributed by atoms with Crippen LogP contribution in [0.2, 0.25) is 0 Å². The number of rotatable bonds is 5. The van der Waals surface area contributed by atoms with Crippen molar-refractivity contribution in [1.29, 1.82) is 0 Å². The fourth-order valence-corrected chi connectivity index (χ4v) is 1.57. The average Bonchev–Trinajstić information content (AvgIpc) is 2.49. The second kappa shape index (κ2) is 4.68. The first-order valence-electron chi connectivity index (χ1n) is 3.55. The molecular weight excluding hydrogens is 230 g/mol. The van der Waals surface area contributed by atoms with Gasteiger partial charge in [0.05, 0.1) is 6.54 Å². The van der Waals surface area contributed by atoms with Crippen LogP contribution in [0.4, 0.5) is 0 Å². The number of nitrogens with zero attached hydrogens (tertiary/aromatic N) is 4. The number of nitrogens with one attached hydrogen (secondary N) is 1. The number of hydrogen-bond donors (Lipinski definition) is 2. The molecule has 0 aromatic carbocycles. The second-order valence-corrected chi connectivity index (χ2v) is 4.27. The molecule has 0 aliphatic rings. The Labute approximate surface area is 84.9 Å². The van der Waals surface area contributed by atoms with Crippen LogP contribution in [0.25, 0.3) is 0 Å². The van der Waals surface area contributed by atoms with Crippen molar-refractivity contribution in [2.75, 3.05) is 12.8 Å². The van der Waals surface area contributed by atoms with E-state index in [1.54, 1.807) is 6.26 Å². The number of thioether (sulfide) groups is 1. The van der Waals surface area contributed by atoms with E-state index in [9.17, 15) is 8.42 Å². The first-order chi connectivity index (χ1) is 6.53. The zero-order chi connectivity index (χ0) is 10.6. The molecule has 0 aliphatic carbocycles. The molecule has 0 amide bonds. The van der Waals surface area contributed by atoms with E-state index >= 15 is 0 Å². The van der Waals surface area contributed by atoms with Gasteiger partial charge in [-0.3, -0.25) is 4.55 Å². The van der Waals surface area contributed by atoms with Crippen LogP contribution in [0.3, 0.4) is 0 Å². The zero-order valence-corrected chi connectivity index (χ0v) is 8.92. The third-order valence-corrected chi connectivity index (χ3v) is 2.52. The van der Waals surface area contributed by atoms with Gasteiger partial charge in [0.25, 0.3) is 0 Å². The van der Waals surface area contributed by atoms with Crippen molar-refractivity contribution in [3.63, 3.8) is 0 Å². The van der Waals surface area contributed by atoms with Crippen LogP contribution in [-0.4, -0.2) is 46.0 Å². The van der Waals surface area contributed by atoms with Gasteiger partial charge >= 0.3 is 10.3 Å². The SMILES string of the molecule is CSc1nnnn1CCNS(=O)(=O)O. The lowest BCUT2D eigenvalue weighted by molar-refractivity contribution is 0.458. The minimum Gasteiger partial charge on any atom is -0.273 e. The van der Waals surface area contributed by atoms with Gasteiger partial charge in [-0.15, -0.1) is 5.10 Å². The molecule has 0 radical (unpaired) electrons. The molecule has 2 N–H and O–H groups in total. The Morgan fingerprint density at radius 3 is 2.93 bits per heavy atom. The predicted octanol–water partition coefficient (Wildman–Crippen LogP) is -1.21. The summed E-state index contributed by atoms with van der Waals surface area (Å²) in [5, 5.41) is 11.3. The molecule has 1 aromatic heterocycles. The quantitative estimate of drug-likeness (QED) is 0.490. The molecule has 0 spiro atoms. The van der Waals surface area contributed by atoms with Gasteiger partial charge in [-0.1, -0.05) is 11.8 Å². The molecule has 0 unspecified atom stereocenters.